The smallest absolute Gasteiger partial charge is 0.225 e. The zero-order valence-corrected chi connectivity index (χ0v) is 20.7. The molecule has 0 aromatic heterocycles. The van der Waals surface area contributed by atoms with Crippen LogP contribution in [0.4, 0.5) is 0 Å². The number of phenolic OH excluding ortho intramolecular Hbond substituents is 1. The van der Waals surface area contributed by atoms with E-state index < -0.39 is 0 Å². The normalized spacial score (nSPS) is 20.8. The maximum Gasteiger partial charge on any atom is 0.225 e. The molecule has 1 atom stereocenters. The molecule has 29 heavy (non-hydrogen) atoms. The van der Waals surface area contributed by atoms with E-state index in [9.17, 15) is 9.90 Å². The summed E-state index contributed by atoms with van der Waals surface area (Å²) < 4.78 is 1.31. The standard InChI is InChI=1S/C22H33Br2N3O2/c1-3-6-25-9-11-26(12-10-25)18-4-7-27(8-5-18)22(29)16(2)13-17-14-19(23)21(28)20(24)15-17/h14-16,18,28H,3-13H2,1-2H3/t16-/m1/s1. The number of piperidine rings is 1. The van der Waals surface area contributed by atoms with E-state index in [4.69, 9.17) is 0 Å². The van der Waals surface area contributed by atoms with Gasteiger partial charge in [-0.15, -0.1) is 0 Å². The van der Waals surface area contributed by atoms with E-state index in [1.54, 1.807) is 0 Å². The number of carbonyl (C=O) groups is 1. The lowest BCUT2D eigenvalue weighted by Gasteiger charge is -2.43. The second kappa shape index (κ2) is 10.6. The number of piperazine rings is 1. The SMILES string of the molecule is CCCN1CCN(C2CCN(C(=O)[C@H](C)Cc3cc(Br)c(O)c(Br)c3)CC2)CC1. The zero-order valence-electron chi connectivity index (χ0n) is 17.5. The van der Waals surface area contributed by atoms with Crippen molar-refractivity contribution in [2.24, 2.45) is 5.92 Å². The number of carbonyl (C=O) groups excluding carboxylic acids is 1. The van der Waals surface area contributed by atoms with Crippen LogP contribution >= 0.6 is 31.9 Å². The summed E-state index contributed by atoms with van der Waals surface area (Å²) in [5.41, 5.74) is 1.04. The molecule has 2 heterocycles. The fraction of sp³-hybridized carbons (Fsp3) is 0.682. The molecule has 0 bridgehead atoms. The minimum absolute atomic E-state index is 0.0625. The lowest BCUT2D eigenvalue weighted by molar-refractivity contribution is -0.136. The van der Waals surface area contributed by atoms with Gasteiger partial charge in [-0.2, -0.15) is 0 Å². The molecule has 0 saturated carbocycles. The third kappa shape index (κ3) is 5.96. The first-order valence-corrected chi connectivity index (χ1v) is 12.4. The van der Waals surface area contributed by atoms with E-state index in [0.29, 0.717) is 21.4 Å². The Morgan fingerprint density at radius 1 is 1.10 bits per heavy atom. The van der Waals surface area contributed by atoms with Gasteiger partial charge in [0.2, 0.25) is 5.91 Å². The van der Waals surface area contributed by atoms with Gasteiger partial charge in [0, 0.05) is 51.2 Å². The highest BCUT2D eigenvalue weighted by molar-refractivity contribution is 9.11. The predicted octanol–water partition coefficient (Wildman–Crippen LogP) is 4.11. The van der Waals surface area contributed by atoms with Gasteiger partial charge in [-0.1, -0.05) is 13.8 Å². The fourth-order valence-electron chi connectivity index (χ4n) is 4.61. The highest BCUT2D eigenvalue weighted by Crippen LogP contribution is 2.34. The summed E-state index contributed by atoms with van der Waals surface area (Å²) >= 11 is 6.75. The minimum Gasteiger partial charge on any atom is -0.506 e. The average Bonchev–Trinajstić information content (AvgIpc) is 2.72. The number of hydrogen-bond donors (Lipinski definition) is 1. The number of nitrogens with zero attached hydrogens (tertiary/aromatic N) is 3. The second-order valence-corrected chi connectivity index (χ2v) is 10.2. The molecule has 1 aromatic rings. The summed E-state index contributed by atoms with van der Waals surface area (Å²) in [6, 6.07) is 4.42. The number of likely N-dealkylation sites (tertiary alicyclic amines) is 1. The van der Waals surface area contributed by atoms with E-state index in [1.807, 2.05) is 19.1 Å². The molecular weight excluding hydrogens is 498 g/mol. The van der Waals surface area contributed by atoms with Gasteiger partial charge in [0.25, 0.3) is 0 Å². The average molecular weight is 531 g/mol. The molecule has 0 spiro atoms. The Morgan fingerprint density at radius 3 is 2.24 bits per heavy atom. The van der Waals surface area contributed by atoms with Crippen molar-refractivity contribution < 1.29 is 9.90 Å². The van der Waals surface area contributed by atoms with E-state index in [0.717, 1.165) is 31.5 Å². The fourth-order valence-corrected chi connectivity index (χ4v) is 5.89. The quantitative estimate of drug-likeness (QED) is 0.601. The molecule has 2 saturated heterocycles. The van der Waals surface area contributed by atoms with Gasteiger partial charge in [0.05, 0.1) is 8.95 Å². The zero-order chi connectivity index (χ0) is 21.0. The van der Waals surface area contributed by atoms with Crippen molar-refractivity contribution >= 4 is 37.8 Å². The highest BCUT2D eigenvalue weighted by Gasteiger charge is 2.30. The Balaban J connectivity index is 1.47. The third-order valence-electron chi connectivity index (χ3n) is 6.28. The van der Waals surface area contributed by atoms with Crippen LogP contribution in [-0.4, -0.2) is 77.6 Å². The predicted molar refractivity (Wildman–Crippen MR) is 124 cm³/mol. The molecule has 1 amide bonds. The summed E-state index contributed by atoms with van der Waals surface area (Å²) in [5, 5.41) is 9.88. The van der Waals surface area contributed by atoms with Crippen LogP contribution in [0.5, 0.6) is 5.75 Å². The maximum absolute atomic E-state index is 13.0. The Labute approximate surface area is 191 Å². The van der Waals surface area contributed by atoms with Gasteiger partial charge in [0.1, 0.15) is 5.75 Å². The summed E-state index contributed by atoms with van der Waals surface area (Å²) in [7, 11) is 0. The largest absolute Gasteiger partial charge is 0.506 e. The van der Waals surface area contributed by atoms with Crippen LogP contribution in [0.1, 0.15) is 38.7 Å². The van der Waals surface area contributed by atoms with Gasteiger partial charge in [-0.05, 0) is 81.8 Å². The molecule has 3 rings (SSSR count). The van der Waals surface area contributed by atoms with Crippen LogP contribution < -0.4 is 0 Å². The van der Waals surface area contributed by atoms with Crippen molar-refractivity contribution in [1.29, 1.82) is 0 Å². The molecule has 5 nitrogen and oxygen atoms in total. The molecule has 162 valence electrons. The number of phenols is 1. The molecular formula is C22H33Br2N3O2. The summed E-state index contributed by atoms with van der Waals surface area (Å²) in [6.45, 7) is 11.9. The van der Waals surface area contributed by atoms with Gasteiger partial charge in [-0.3, -0.25) is 9.69 Å². The number of halogens is 2. The number of benzene rings is 1. The molecule has 1 N–H and O–H groups in total. The molecule has 0 unspecified atom stereocenters. The number of aromatic hydroxyl groups is 1. The number of amides is 1. The lowest BCUT2D eigenvalue weighted by atomic mass is 9.97. The van der Waals surface area contributed by atoms with Crippen LogP contribution in [0.15, 0.2) is 21.1 Å². The Bertz CT molecular complexity index is 676. The third-order valence-corrected chi connectivity index (χ3v) is 7.49. The van der Waals surface area contributed by atoms with Crippen LogP contribution in [-0.2, 0) is 11.2 Å². The number of rotatable bonds is 6. The molecule has 0 radical (unpaired) electrons. The van der Waals surface area contributed by atoms with Crippen LogP contribution in [0, 0.1) is 5.92 Å². The van der Waals surface area contributed by atoms with Gasteiger partial charge in [-0.25, -0.2) is 0 Å². The first-order valence-electron chi connectivity index (χ1n) is 10.8. The molecule has 0 aliphatic carbocycles. The van der Waals surface area contributed by atoms with Crippen molar-refractivity contribution in [2.45, 2.75) is 45.6 Å². The second-order valence-electron chi connectivity index (χ2n) is 8.45. The van der Waals surface area contributed by atoms with Crippen LogP contribution in [0.25, 0.3) is 0 Å². The van der Waals surface area contributed by atoms with E-state index in [2.05, 4.69) is 53.5 Å². The van der Waals surface area contributed by atoms with Crippen LogP contribution in [0.2, 0.25) is 0 Å². The molecule has 7 heteroatoms. The Morgan fingerprint density at radius 2 is 1.69 bits per heavy atom. The van der Waals surface area contributed by atoms with Gasteiger partial charge < -0.3 is 14.9 Å². The number of hydrogen-bond acceptors (Lipinski definition) is 4. The molecule has 2 aliphatic heterocycles. The van der Waals surface area contributed by atoms with Crippen molar-refractivity contribution in [3.63, 3.8) is 0 Å². The molecule has 1 aromatic carbocycles. The summed E-state index contributed by atoms with van der Waals surface area (Å²) in [5.74, 6) is 0.384. The Kier molecular flexibility index (Phi) is 8.42. The van der Waals surface area contributed by atoms with Crippen LogP contribution in [0.3, 0.4) is 0 Å². The Hall–Kier alpha value is -0.630. The minimum atomic E-state index is -0.0625. The maximum atomic E-state index is 13.0. The van der Waals surface area contributed by atoms with Crippen molar-refractivity contribution in [2.75, 3.05) is 45.8 Å². The topological polar surface area (TPSA) is 47.0 Å². The van der Waals surface area contributed by atoms with Gasteiger partial charge >= 0.3 is 0 Å². The van der Waals surface area contributed by atoms with Crippen molar-refractivity contribution in [3.05, 3.63) is 26.6 Å². The highest BCUT2D eigenvalue weighted by atomic mass is 79.9. The van der Waals surface area contributed by atoms with Crippen molar-refractivity contribution in [3.8, 4) is 5.75 Å². The van der Waals surface area contributed by atoms with E-state index in [-0.39, 0.29) is 17.6 Å². The van der Waals surface area contributed by atoms with E-state index in [1.165, 1.54) is 39.1 Å². The lowest BCUT2D eigenvalue weighted by Crippen LogP contribution is -2.54. The first kappa shape index (κ1) is 23.0. The van der Waals surface area contributed by atoms with Crippen molar-refractivity contribution in [1.82, 2.24) is 14.7 Å². The summed E-state index contributed by atoms with van der Waals surface area (Å²) in [4.78, 5) is 20.2. The summed E-state index contributed by atoms with van der Waals surface area (Å²) in [6.07, 6.45) is 4.08. The monoisotopic (exact) mass is 529 g/mol. The molecule has 2 fully saturated rings. The molecule has 2 aliphatic rings. The van der Waals surface area contributed by atoms with E-state index >= 15 is 0 Å². The van der Waals surface area contributed by atoms with Gasteiger partial charge in [0.15, 0.2) is 0 Å². The first-order chi connectivity index (χ1) is 13.9.